The monoisotopic (exact) mass is 463 g/mol. The zero-order valence-corrected chi connectivity index (χ0v) is 20.4. The Bertz CT molecular complexity index is 962. The van der Waals surface area contributed by atoms with Gasteiger partial charge in [0.15, 0.2) is 0 Å². The average molecular weight is 464 g/mol. The highest BCUT2D eigenvalue weighted by atomic mass is 32.2. The van der Waals surface area contributed by atoms with Crippen molar-refractivity contribution in [3.8, 4) is 0 Å². The van der Waals surface area contributed by atoms with Gasteiger partial charge in [-0.15, -0.1) is 0 Å². The third-order valence-electron chi connectivity index (χ3n) is 5.13. The van der Waals surface area contributed by atoms with E-state index in [0.717, 1.165) is 31.5 Å². The molecule has 0 aromatic heterocycles. The Kier molecular flexibility index (Phi) is 6.69. The molecule has 2 aliphatic rings. The molecule has 0 atom stereocenters. The van der Waals surface area contributed by atoms with Crippen molar-refractivity contribution in [1.29, 1.82) is 0 Å². The van der Waals surface area contributed by atoms with Crippen LogP contribution in [0.15, 0.2) is 32.2 Å². The van der Waals surface area contributed by atoms with E-state index in [1.165, 1.54) is 23.5 Å². The Morgan fingerprint density at radius 2 is 1.60 bits per heavy atom. The molecular formula is C22H25NO4S3. The molecule has 3 rings (SSSR count). The van der Waals surface area contributed by atoms with Crippen LogP contribution in [-0.2, 0) is 19.1 Å². The van der Waals surface area contributed by atoms with Crippen LogP contribution in [0.25, 0.3) is 5.57 Å². The Hall–Kier alpha value is -1.77. The fourth-order valence-electron chi connectivity index (χ4n) is 3.29. The molecular weight excluding hydrogens is 438 g/mol. The van der Waals surface area contributed by atoms with Crippen LogP contribution in [0.4, 0.5) is 5.69 Å². The number of ether oxygens (including phenoxy) is 2. The number of aryl methyl sites for hydroxylation is 1. The summed E-state index contributed by atoms with van der Waals surface area (Å²) in [5.74, 6) is -1.03. The maximum Gasteiger partial charge on any atom is 0.346 e. The third-order valence-corrected chi connectivity index (χ3v) is 8.39. The van der Waals surface area contributed by atoms with Gasteiger partial charge in [-0.1, -0.05) is 47.4 Å². The molecule has 0 radical (unpaired) electrons. The van der Waals surface area contributed by atoms with Gasteiger partial charge in [0.25, 0.3) is 0 Å². The van der Waals surface area contributed by atoms with Crippen LogP contribution in [0.5, 0.6) is 0 Å². The fourth-order valence-corrected chi connectivity index (χ4v) is 6.32. The first-order valence-corrected chi connectivity index (χ1v) is 11.8. The number of hydrogen-bond acceptors (Lipinski definition) is 8. The number of nitrogens with zero attached hydrogens (tertiary/aromatic N) is 1. The Morgan fingerprint density at radius 3 is 2.10 bits per heavy atom. The number of carbonyl (C=O) groups is 2. The molecule has 0 bridgehead atoms. The standard InChI is InChI=1S/C22H25NO4S3/c1-7-26-19(24)16-17(20(25)27-8-2)30-21(29-16)15-13-11-12(3)9-10-14(13)23(6)22(4,5)18(15)28/h9-11H,7-8H2,1-6H3. The van der Waals surface area contributed by atoms with Crippen LogP contribution < -0.4 is 4.90 Å². The highest BCUT2D eigenvalue weighted by Crippen LogP contribution is 2.56. The third kappa shape index (κ3) is 3.92. The lowest BCUT2D eigenvalue weighted by Crippen LogP contribution is -2.51. The number of anilines is 1. The van der Waals surface area contributed by atoms with Crippen molar-refractivity contribution in [1.82, 2.24) is 0 Å². The topological polar surface area (TPSA) is 55.8 Å². The van der Waals surface area contributed by atoms with Crippen molar-refractivity contribution in [2.24, 2.45) is 0 Å². The SMILES string of the molecule is CCOC(=O)C1=C(C(=O)OCC)SC(=C2C(=S)C(C)(C)N(C)c3ccc(C)cc32)S1. The molecule has 0 amide bonds. The van der Waals surface area contributed by atoms with Crippen molar-refractivity contribution >= 4 is 63.8 Å². The lowest BCUT2D eigenvalue weighted by Gasteiger charge is -2.44. The fraction of sp³-hybridized carbons (Fsp3) is 0.409. The minimum absolute atomic E-state index is 0.230. The molecule has 2 aliphatic heterocycles. The van der Waals surface area contributed by atoms with Crippen molar-refractivity contribution in [2.75, 3.05) is 25.2 Å². The molecule has 0 saturated heterocycles. The van der Waals surface area contributed by atoms with Gasteiger partial charge in [-0.2, -0.15) is 0 Å². The maximum atomic E-state index is 12.6. The molecule has 0 N–H and O–H groups in total. The second-order valence-corrected chi connectivity index (χ2v) is 10.1. The molecule has 0 spiro atoms. The van der Waals surface area contributed by atoms with Gasteiger partial charge in [0.2, 0.25) is 0 Å². The minimum atomic E-state index is -0.517. The van der Waals surface area contributed by atoms with Crippen LogP contribution in [-0.4, -0.2) is 42.6 Å². The predicted molar refractivity (Wildman–Crippen MR) is 129 cm³/mol. The van der Waals surface area contributed by atoms with Gasteiger partial charge in [-0.3, -0.25) is 0 Å². The number of carbonyl (C=O) groups excluding carboxylic acids is 2. The largest absolute Gasteiger partial charge is 0.462 e. The molecule has 0 aliphatic carbocycles. The zero-order chi connectivity index (χ0) is 22.2. The first kappa shape index (κ1) is 22.9. The minimum Gasteiger partial charge on any atom is -0.462 e. The van der Waals surface area contributed by atoms with E-state index >= 15 is 0 Å². The highest BCUT2D eigenvalue weighted by Gasteiger charge is 2.42. The summed E-state index contributed by atoms with van der Waals surface area (Å²) in [4.78, 5) is 28.6. The smallest absolute Gasteiger partial charge is 0.346 e. The summed E-state index contributed by atoms with van der Waals surface area (Å²) in [7, 11) is 2.03. The zero-order valence-electron chi connectivity index (χ0n) is 18.0. The van der Waals surface area contributed by atoms with Gasteiger partial charge in [0.05, 0.1) is 23.0 Å². The Balaban J connectivity index is 2.18. The number of benzene rings is 1. The summed E-state index contributed by atoms with van der Waals surface area (Å²) >= 11 is 8.42. The van der Waals surface area contributed by atoms with Crippen molar-refractivity contribution in [3.05, 3.63) is 43.4 Å². The van der Waals surface area contributed by atoms with Crippen molar-refractivity contribution < 1.29 is 19.1 Å². The number of esters is 2. The van der Waals surface area contributed by atoms with Gasteiger partial charge >= 0.3 is 11.9 Å². The van der Waals surface area contributed by atoms with E-state index in [1.807, 2.05) is 14.0 Å². The molecule has 5 nitrogen and oxygen atoms in total. The van der Waals surface area contributed by atoms with Gasteiger partial charge in [0.1, 0.15) is 9.81 Å². The first-order chi connectivity index (χ1) is 14.1. The van der Waals surface area contributed by atoms with Crippen molar-refractivity contribution in [3.63, 3.8) is 0 Å². The van der Waals surface area contributed by atoms with Gasteiger partial charge in [0, 0.05) is 28.7 Å². The van der Waals surface area contributed by atoms with E-state index in [2.05, 4.69) is 36.9 Å². The number of hydrogen-bond donors (Lipinski definition) is 0. The van der Waals surface area contributed by atoms with E-state index in [1.54, 1.807) is 13.8 Å². The molecule has 160 valence electrons. The van der Waals surface area contributed by atoms with E-state index in [9.17, 15) is 9.59 Å². The quantitative estimate of drug-likeness (QED) is 0.348. The predicted octanol–water partition coefficient (Wildman–Crippen LogP) is 5.08. The van der Waals surface area contributed by atoms with Gasteiger partial charge in [-0.25, -0.2) is 9.59 Å². The van der Waals surface area contributed by atoms with Gasteiger partial charge in [-0.05, 0) is 46.8 Å². The van der Waals surface area contributed by atoms with Gasteiger partial charge < -0.3 is 14.4 Å². The first-order valence-electron chi connectivity index (χ1n) is 9.71. The van der Waals surface area contributed by atoms with E-state index in [0.29, 0.717) is 0 Å². The number of thioether (sulfide) groups is 2. The van der Waals surface area contributed by atoms with Crippen molar-refractivity contribution in [2.45, 2.75) is 40.2 Å². The van der Waals surface area contributed by atoms with Crippen LogP contribution >= 0.6 is 35.7 Å². The average Bonchev–Trinajstić information content (AvgIpc) is 3.12. The van der Waals surface area contributed by atoms with E-state index < -0.39 is 17.5 Å². The van der Waals surface area contributed by atoms with Crippen LogP contribution in [0.3, 0.4) is 0 Å². The Labute approximate surface area is 191 Å². The van der Waals surface area contributed by atoms with Crippen LogP contribution in [0.2, 0.25) is 0 Å². The molecule has 2 heterocycles. The summed E-state index contributed by atoms with van der Waals surface area (Å²) in [5, 5.41) is 0. The normalized spacial score (nSPS) is 17.9. The highest BCUT2D eigenvalue weighted by molar-refractivity contribution is 8.29. The van der Waals surface area contributed by atoms with E-state index in [-0.39, 0.29) is 23.0 Å². The summed E-state index contributed by atoms with van der Waals surface area (Å²) in [6.07, 6.45) is 0. The molecule has 1 aromatic rings. The molecule has 0 fully saturated rings. The maximum absolute atomic E-state index is 12.6. The summed E-state index contributed by atoms with van der Waals surface area (Å²) in [5.41, 5.74) is 3.66. The summed E-state index contributed by atoms with van der Waals surface area (Å²) in [6.45, 7) is 10.1. The molecule has 1 aromatic carbocycles. The number of rotatable bonds is 4. The second-order valence-electron chi connectivity index (χ2n) is 7.43. The summed E-state index contributed by atoms with van der Waals surface area (Å²) < 4.78 is 11.2. The van der Waals surface area contributed by atoms with Crippen LogP contribution in [0, 0.1) is 6.92 Å². The molecule has 0 unspecified atom stereocenters. The van der Waals surface area contributed by atoms with E-state index in [4.69, 9.17) is 21.7 Å². The summed E-state index contributed by atoms with van der Waals surface area (Å²) in [6, 6.07) is 6.26. The Morgan fingerprint density at radius 1 is 1.07 bits per heavy atom. The lowest BCUT2D eigenvalue weighted by atomic mass is 9.83. The number of thiocarbonyl (C=S) groups is 1. The number of fused-ring (bicyclic) bond motifs is 1. The second kappa shape index (κ2) is 8.77. The van der Waals surface area contributed by atoms with Crippen LogP contribution in [0.1, 0.15) is 38.8 Å². The molecule has 30 heavy (non-hydrogen) atoms. The molecule has 8 heteroatoms. The lowest BCUT2D eigenvalue weighted by molar-refractivity contribution is -0.140. The molecule has 0 saturated carbocycles.